The molecule has 0 atom stereocenters. The predicted molar refractivity (Wildman–Crippen MR) is 66.4 cm³/mol. The van der Waals surface area contributed by atoms with Crippen LogP contribution < -0.4 is 5.32 Å². The summed E-state index contributed by atoms with van der Waals surface area (Å²) in [6.07, 6.45) is 0. The van der Waals surface area contributed by atoms with E-state index >= 15 is 0 Å². The molecule has 1 aromatic heterocycles. The van der Waals surface area contributed by atoms with Crippen LogP contribution in [0.3, 0.4) is 0 Å². The van der Waals surface area contributed by atoms with Gasteiger partial charge in [-0.25, -0.2) is 4.63 Å². The number of nitrogens with one attached hydrogen (secondary N) is 1. The number of amides is 1. The zero-order valence-electron chi connectivity index (χ0n) is 10.0. The highest BCUT2D eigenvalue weighted by molar-refractivity contribution is 6.31. The SMILES string of the molecule is Cc1cc(Cl)cc(C(=O)NCc2nonc2C)c1. The molecular formula is C12H12ClN3O2. The van der Waals surface area contributed by atoms with E-state index in [9.17, 15) is 4.79 Å². The van der Waals surface area contributed by atoms with Gasteiger partial charge in [0.1, 0.15) is 11.4 Å². The number of rotatable bonds is 3. The largest absolute Gasteiger partial charge is 0.346 e. The maximum atomic E-state index is 11.9. The lowest BCUT2D eigenvalue weighted by atomic mass is 10.1. The Hall–Kier alpha value is -1.88. The van der Waals surface area contributed by atoms with Crippen molar-refractivity contribution in [2.75, 3.05) is 0 Å². The fourth-order valence-corrected chi connectivity index (χ4v) is 1.83. The Kier molecular flexibility index (Phi) is 3.62. The molecule has 1 aromatic carbocycles. The summed E-state index contributed by atoms with van der Waals surface area (Å²) in [6.45, 7) is 3.93. The second-order valence-corrected chi connectivity index (χ2v) is 4.43. The van der Waals surface area contributed by atoms with E-state index in [4.69, 9.17) is 11.6 Å². The van der Waals surface area contributed by atoms with Gasteiger partial charge >= 0.3 is 0 Å². The standard InChI is InChI=1S/C12H12ClN3O2/c1-7-3-9(5-10(13)4-7)12(17)14-6-11-8(2)15-18-16-11/h3-5H,6H2,1-2H3,(H,14,17). The second kappa shape index (κ2) is 5.18. The van der Waals surface area contributed by atoms with Crippen LogP contribution >= 0.6 is 11.6 Å². The third-order valence-corrected chi connectivity index (χ3v) is 2.69. The molecular weight excluding hydrogens is 254 g/mol. The fourth-order valence-electron chi connectivity index (χ4n) is 1.54. The minimum Gasteiger partial charge on any atom is -0.346 e. The lowest BCUT2D eigenvalue weighted by molar-refractivity contribution is 0.0950. The van der Waals surface area contributed by atoms with Gasteiger partial charge in [-0.15, -0.1) is 0 Å². The number of hydrogen-bond donors (Lipinski definition) is 1. The van der Waals surface area contributed by atoms with Gasteiger partial charge in [0.25, 0.3) is 5.91 Å². The van der Waals surface area contributed by atoms with Crippen LogP contribution in [0.25, 0.3) is 0 Å². The number of halogens is 1. The van der Waals surface area contributed by atoms with Crippen molar-refractivity contribution in [3.05, 3.63) is 45.7 Å². The van der Waals surface area contributed by atoms with Crippen LogP contribution in [0.15, 0.2) is 22.8 Å². The molecule has 0 saturated heterocycles. The van der Waals surface area contributed by atoms with Gasteiger partial charge in [0.05, 0.1) is 6.54 Å². The second-order valence-electron chi connectivity index (χ2n) is 4.00. The molecule has 0 bridgehead atoms. The number of aryl methyl sites for hydroxylation is 2. The van der Waals surface area contributed by atoms with Gasteiger partial charge in [-0.3, -0.25) is 4.79 Å². The molecule has 2 aromatic rings. The number of carbonyl (C=O) groups is 1. The van der Waals surface area contributed by atoms with Gasteiger partial charge in [-0.2, -0.15) is 0 Å². The average molecular weight is 266 g/mol. The summed E-state index contributed by atoms with van der Waals surface area (Å²) >= 11 is 5.90. The molecule has 2 rings (SSSR count). The van der Waals surface area contributed by atoms with Crippen LogP contribution in [-0.2, 0) is 6.54 Å². The predicted octanol–water partition coefficient (Wildman–Crippen LogP) is 2.27. The molecule has 5 nitrogen and oxygen atoms in total. The Balaban J connectivity index is 2.06. The molecule has 94 valence electrons. The number of benzene rings is 1. The van der Waals surface area contributed by atoms with Gasteiger partial charge in [-0.05, 0) is 37.6 Å². The molecule has 0 unspecified atom stereocenters. The Bertz CT molecular complexity index is 560. The van der Waals surface area contributed by atoms with Gasteiger partial charge in [-0.1, -0.05) is 21.9 Å². The monoisotopic (exact) mass is 265 g/mol. The van der Waals surface area contributed by atoms with Crippen molar-refractivity contribution in [2.24, 2.45) is 0 Å². The topological polar surface area (TPSA) is 68.0 Å². The van der Waals surface area contributed by atoms with Gasteiger partial charge in [0, 0.05) is 10.6 Å². The van der Waals surface area contributed by atoms with Crippen LogP contribution in [0.4, 0.5) is 0 Å². The fraction of sp³-hybridized carbons (Fsp3) is 0.250. The van der Waals surface area contributed by atoms with Crippen LogP contribution in [0.1, 0.15) is 27.3 Å². The Morgan fingerprint density at radius 3 is 2.72 bits per heavy atom. The number of aromatic nitrogens is 2. The summed E-state index contributed by atoms with van der Waals surface area (Å²) in [5.41, 5.74) is 2.74. The molecule has 1 N–H and O–H groups in total. The third-order valence-electron chi connectivity index (χ3n) is 2.47. The Labute approximate surface area is 109 Å². The van der Waals surface area contributed by atoms with Crippen molar-refractivity contribution in [1.82, 2.24) is 15.6 Å². The minimum absolute atomic E-state index is 0.206. The summed E-state index contributed by atoms with van der Waals surface area (Å²) in [4.78, 5) is 11.9. The van der Waals surface area contributed by atoms with Crippen molar-refractivity contribution < 1.29 is 9.42 Å². The lowest BCUT2D eigenvalue weighted by Crippen LogP contribution is -2.23. The molecule has 0 aliphatic rings. The maximum absolute atomic E-state index is 11.9. The molecule has 0 aliphatic heterocycles. The summed E-state index contributed by atoms with van der Waals surface area (Å²) in [6, 6.07) is 5.19. The van der Waals surface area contributed by atoms with Crippen LogP contribution in [0, 0.1) is 13.8 Å². The molecule has 0 saturated carbocycles. The molecule has 18 heavy (non-hydrogen) atoms. The summed E-state index contributed by atoms with van der Waals surface area (Å²) in [7, 11) is 0. The van der Waals surface area contributed by atoms with Crippen LogP contribution in [0.5, 0.6) is 0 Å². The van der Waals surface area contributed by atoms with Crippen molar-refractivity contribution >= 4 is 17.5 Å². The number of nitrogens with zero attached hydrogens (tertiary/aromatic N) is 2. The normalized spacial score (nSPS) is 10.4. The third kappa shape index (κ3) is 2.87. The van der Waals surface area contributed by atoms with E-state index in [-0.39, 0.29) is 12.5 Å². The molecule has 0 aliphatic carbocycles. The minimum atomic E-state index is -0.206. The first-order valence-corrected chi connectivity index (χ1v) is 5.77. The Morgan fingerprint density at radius 1 is 1.33 bits per heavy atom. The Morgan fingerprint density at radius 2 is 2.11 bits per heavy atom. The van der Waals surface area contributed by atoms with Crippen molar-refractivity contribution in [3.63, 3.8) is 0 Å². The van der Waals surface area contributed by atoms with Gasteiger partial charge in [0.2, 0.25) is 0 Å². The molecule has 0 fully saturated rings. The highest BCUT2D eigenvalue weighted by atomic mass is 35.5. The van der Waals surface area contributed by atoms with Gasteiger partial charge < -0.3 is 5.32 Å². The molecule has 1 heterocycles. The summed E-state index contributed by atoms with van der Waals surface area (Å²) in [5, 5.41) is 10.6. The van der Waals surface area contributed by atoms with E-state index in [2.05, 4.69) is 20.3 Å². The zero-order valence-corrected chi connectivity index (χ0v) is 10.8. The quantitative estimate of drug-likeness (QED) is 0.924. The smallest absolute Gasteiger partial charge is 0.251 e. The molecule has 1 amide bonds. The molecule has 0 radical (unpaired) electrons. The number of carbonyl (C=O) groups excluding carboxylic acids is 1. The highest BCUT2D eigenvalue weighted by Gasteiger charge is 2.10. The average Bonchev–Trinajstić information content (AvgIpc) is 2.70. The maximum Gasteiger partial charge on any atom is 0.251 e. The zero-order chi connectivity index (χ0) is 13.1. The summed E-state index contributed by atoms with van der Waals surface area (Å²) in [5.74, 6) is -0.206. The first-order valence-electron chi connectivity index (χ1n) is 5.39. The van der Waals surface area contributed by atoms with Crippen LogP contribution in [0.2, 0.25) is 5.02 Å². The number of hydrogen-bond acceptors (Lipinski definition) is 4. The first-order chi connectivity index (χ1) is 8.56. The van der Waals surface area contributed by atoms with Crippen molar-refractivity contribution in [2.45, 2.75) is 20.4 Å². The summed E-state index contributed by atoms with van der Waals surface area (Å²) < 4.78 is 4.55. The molecule has 6 heteroatoms. The van der Waals surface area contributed by atoms with E-state index in [1.807, 2.05) is 6.92 Å². The van der Waals surface area contributed by atoms with E-state index in [0.717, 1.165) is 5.56 Å². The van der Waals surface area contributed by atoms with E-state index < -0.39 is 0 Å². The lowest BCUT2D eigenvalue weighted by Gasteiger charge is -2.05. The highest BCUT2D eigenvalue weighted by Crippen LogP contribution is 2.14. The van der Waals surface area contributed by atoms with E-state index in [1.165, 1.54) is 0 Å². The van der Waals surface area contributed by atoms with Crippen molar-refractivity contribution in [3.8, 4) is 0 Å². The van der Waals surface area contributed by atoms with Crippen LogP contribution in [-0.4, -0.2) is 16.2 Å². The van der Waals surface area contributed by atoms with Crippen molar-refractivity contribution in [1.29, 1.82) is 0 Å². The van der Waals surface area contributed by atoms with Gasteiger partial charge in [0.15, 0.2) is 0 Å². The van der Waals surface area contributed by atoms with E-state index in [0.29, 0.717) is 22.0 Å². The molecule has 0 spiro atoms. The van der Waals surface area contributed by atoms with E-state index in [1.54, 1.807) is 25.1 Å². The first kappa shape index (κ1) is 12.6.